The first-order valence-electron chi connectivity index (χ1n) is 4.57. The van der Waals surface area contributed by atoms with Gasteiger partial charge in [0.15, 0.2) is 0 Å². The topological polar surface area (TPSA) is 73.1 Å². The SMILES string of the molecule is Cc1nc(NN)cc(OCC(C)C)n1. The second kappa shape index (κ2) is 4.76. The highest BCUT2D eigenvalue weighted by Crippen LogP contribution is 2.12. The number of anilines is 1. The predicted molar refractivity (Wildman–Crippen MR) is 54.9 cm³/mol. The Bertz CT molecular complexity index is 301. The number of nitrogen functional groups attached to an aromatic ring is 1. The third-order valence-electron chi connectivity index (χ3n) is 1.53. The van der Waals surface area contributed by atoms with E-state index < -0.39 is 0 Å². The van der Waals surface area contributed by atoms with Gasteiger partial charge in [-0.15, -0.1) is 0 Å². The van der Waals surface area contributed by atoms with E-state index in [0.717, 1.165) is 0 Å². The molecule has 14 heavy (non-hydrogen) atoms. The monoisotopic (exact) mass is 196 g/mol. The summed E-state index contributed by atoms with van der Waals surface area (Å²) in [6.07, 6.45) is 0. The summed E-state index contributed by atoms with van der Waals surface area (Å²) in [6.45, 7) is 6.59. The number of hydrazine groups is 1. The number of nitrogens with zero attached hydrogens (tertiary/aromatic N) is 2. The van der Waals surface area contributed by atoms with E-state index in [1.54, 1.807) is 13.0 Å². The summed E-state index contributed by atoms with van der Waals surface area (Å²) in [5, 5.41) is 0. The number of rotatable bonds is 4. The Morgan fingerprint density at radius 1 is 1.50 bits per heavy atom. The fourth-order valence-electron chi connectivity index (χ4n) is 0.940. The van der Waals surface area contributed by atoms with Crippen LogP contribution in [0, 0.1) is 12.8 Å². The van der Waals surface area contributed by atoms with Crippen LogP contribution in [-0.4, -0.2) is 16.6 Å². The minimum Gasteiger partial charge on any atom is -0.477 e. The first-order valence-corrected chi connectivity index (χ1v) is 4.57. The molecule has 0 amide bonds. The van der Waals surface area contributed by atoms with Crippen LogP contribution < -0.4 is 16.0 Å². The van der Waals surface area contributed by atoms with Crippen molar-refractivity contribution in [3.63, 3.8) is 0 Å². The molecule has 0 atom stereocenters. The van der Waals surface area contributed by atoms with Gasteiger partial charge in [0, 0.05) is 6.07 Å². The van der Waals surface area contributed by atoms with Crippen LogP contribution in [0.2, 0.25) is 0 Å². The summed E-state index contributed by atoms with van der Waals surface area (Å²) in [5.41, 5.74) is 2.46. The van der Waals surface area contributed by atoms with Crippen molar-refractivity contribution in [1.29, 1.82) is 0 Å². The van der Waals surface area contributed by atoms with Gasteiger partial charge in [0.25, 0.3) is 0 Å². The molecule has 0 saturated carbocycles. The van der Waals surface area contributed by atoms with Gasteiger partial charge in [-0.05, 0) is 12.8 Å². The van der Waals surface area contributed by atoms with Crippen molar-refractivity contribution in [3.05, 3.63) is 11.9 Å². The molecule has 0 radical (unpaired) electrons. The fourth-order valence-corrected chi connectivity index (χ4v) is 0.940. The van der Waals surface area contributed by atoms with Crippen LogP contribution in [0.15, 0.2) is 6.07 Å². The van der Waals surface area contributed by atoms with E-state index in [4.69, 9.17) is 10.6 Å². The summed E-state index contributed by atoms with van der Waals surface area (Å²) in [7, 11) is 0. The highest BCUT2D eigenvalue weighted by Gasteiger charge is 2.02. The molecule has 78 valence electrons. The Kier molecular flexibility index (Phi) is 3.64. The molecule has 0 unspecified atom stereocenters. The van der Waals surface area contributed by atoms with Gasteiger partial charge in [-0.1, -0.05) is 13.8 Å². The number of ether oxygens (including phenoxy) is 1. The van der Waals surface area contributed by atoms with Crippen LogP contribution in [-0.2, 0) is 0 Å². The minimum absolute atomic E-state index is 0.472. The second-order valence-corrected chi connectivity index (χ2v) is 3.49. The van der Waals surface area contributed by atoms with Crippen molar-refractivity contribution >= 4 is 5.82 Å². The lowest BCUT2D eigenvalue weighted by Crippen LogP contribution is -2.11. The number of hydrogen-bond acceptors (Lipinski definition) is 5. The van der Waals surface area contributed by atoms with Gasteiger partial charge in [0.2, 0.25) is 5.88 Å². The zero-order chi connectivity index (χ0) is 10.6. The molecule has 1 aromatic rings. The molecule has 5 heteroatoms. The molecule has 0 aromatic carbocycles. The van der Waals surface area contributed by atoms with Crippen LogP contribution in [0.1, 0.15) is 19.7 Å². The van der Waals surface area contributed by atoms with Crippen LogP contribution in [0.25, 0.3) is 0 Å². The molecule has 0 saturated heterocycles. The minimum atomic E-state index is 0.472. The van der Waals surface area contributed by atoms with Gasteiger partial charge in [-0.3, -0.25) is 0 Å². The Balaban J connectivity index is 2.71. The first kappa shape index (κ1) is 10.7. The van der Waals surface area contributed by atoms with Crippen molar-refractivity contribution < 1.29 is 4.74 Å². The number of nitrogens with two attached hydrogens (primary N) is 1. The molecule has 1 heterocycles. The molecule has 0 fully saturated rings. The summed E-state index contributed by atoms with van der Waals surface area (Å²) >= 11 is 0. The maximum Gasteiger partial charge on any atom is 0.218 e. The normalized spacial score (nSPS) is 10.4. The Labute approximate surface area is 83.7 Å². The molecular weight excluding hydrogens is 180 g/mol. The zero-order valence-electron chi connectivity index (χ0n) is 8.74. The molecule has 1 aromatic heterocycles. The van der Waals surface area contributed by atoms with Crippen LogP contribution in [0.3, 0.4) is 0 Å². The van der Waals surface area contributed by atoms with Crippen molar-refractivity contribution in [2.75, 3.05) is 12.0 Å². The van der Waals surface area contributed by atoms with Crippen molar-refractivity contribution in [1.82, 2.24) is 9.97 Å². The van der Waals surface area contributed by atoms with Gasteiger partial charge in [-0.2, -0.15) is 4.98 Å². The van der Waals surface area contributed by atoms with Gasteiger partial charge >= 0.3 is 0 Å². The van der Waals surface area contributed by atoms with E-state index in [1.165, 1.54) is 0 Å². The number of nitrogens with one attached hydrogen (secondary N) is 1. The highest BCUT2D eigenvalue weighted by molar-refractivity contribution is 5.36. The van der Waals surface area contributed by atoms with E-state index in [2.05, 4.69) is 29.2 Å². The number of hydrogen-bond donors (Lipinski definition) is 2. The molecule has 0 aliphatic carbocycles. The van der Waals surface area contributed by atoms with E-state index >= 15 is 0 Å². The molecular formula is C9H16N4O. The average molecular weight is 196 g/mol. The maximum absolute atomic E-state index is 5.44. The lowest BCUT2D eigenvalue weighted by molar-refractivity contribution is 0.260. The van der Waals surface area contributed by atoms with Crippen molar-refractivity contribution in [2.24, 2.45) is 11.8 Å². The molecule has 1 rings (SSSR count). The standard InChI is InChI=1S/C9H16N4O/c1-6(2)5-14-9-4-8(13-10)11-7(3)12-9/h4,6H,5,10H2,1-3H3,(H,11,12,13). The van der Waals surface area contributed by atoms with Crippen LogP contribution in [0.4, 0.5) is 5.82 Å². The lowest BCUT2D eigenvalue weighted by Gasteiger charge is -2.09. The highest BCUT2D eigenvalue weighted by atomic mass is 16.5. The third kappa shape index (κ3) is 3.18. The van der Waals surface area contributed by atoms with E-state index in [-0.39, 0.29) is 0 Å². The molecule has 0 aliphatic heterocycles. The Morgan fingerprint density at radius 2 is 2.21 bits per heavy atom. The van der Waals surface area contributed by atoms with Gasteiger partial charge < -0.3 is 10.2 Å². The summed E-state index contributed by atoms with van der Waals surface area (Å²) in [5.74, 6) is 7.48. The quantitative estimate of drug-likeness (QED) is 0.557. The molecule has 0 bridgehead atoms. The van der Waals surface area contributed by atoms with Gasteiger partial charge in [-0.25, -0.2) is 10.8 Å². The molecule has 5 nitrogen and oxygen atoms in total. The molecule has 0 aliphatic rings. The van der Waals surface area contributed by atoms with Crippen LogP contribution in [0.5, 0.6) is 5.88 Å². The predicted octanol–water partition coefficient (Wildman–Crippen LogP) is 1.11. The summed E-state index contributed by atoms with van der Waals surface area (Å²) in [6, 6.07) is 1.68. The molecule has 3 N–H and O–H groups in total. The van der Waals surface area contributed by atoms with E-state index in [9.17, 15) is 0 Å². The van der Waals surface area contributed by atoms with E-state index in [0.29, 0.717) is 30.0 Å². The second-order valence-electron chi connectivity index (χ2n) is 3.49. The maximum atomic E-state index is 5.44. The van der Waals surface area contributed by atoms with Crippen LogP contribution >= 0.6 is 0 Å². The van der Waals surface area contributed by atoms with Crippen molar-refractivity contribution in [2.45, 2.75) is 20.8 Å². The van der Waals surface area contributed by atoms with Crippen molar-refractivity contribution in [3.8, 4) is 5.88 Å². The third-order valence-corrected chi connectivity index (χ3v) is 1.53. The lowest BCUT2D eigenvalue weighted by atomic mass is 10.2. The van der Waals surface area contributed by atoms with E-state index in [1.807, 2.05) is 0 Å². The Morgan fingerprint density at radius 3 is 2.79 bits per heavy atom. The number of aryl methyl sites for hydroxylation is 1. The fraction of sp³-hybridized carbons (Fsp3) is 0.556. The van der Waals surface area contributed by atoms with Gasteiger partial charge in [0.1, 0.15) is 11.6 Å². The largest absolute Gasteiger partial charge is 0.477 e. The first-order chi connectivity index (χ1) is 6.61. The molecule has 0 spiro atoms. The summed E-state index contributed by atoms with van der Waals surface area (Å²) in [4.78, 5) is 8.18. The smallest absolute Gasteiger partial charge is 0.218 e. The average Bonchev–Trinajstić information content (AvgIpc) is 2.14. The number of aromatic nitrogens is 2. The summed E-state index contributed by atoms with van der Waals surface area (Å²) < 4.78 is 5.44. The Hall–Kier alpha value is -1.36. The zero-order valence-corrected chi connectivity index (χ0v) is 8.74. The van der Waals surface area contributed by atoms with Gasteiger partial charge in [0.05, 0.1) is 6.61 Å².